The Morgan fingerprint density at radius 3 is 2.56 bits per heavy atom. The average molecular weight is 540 g/mol. The maximum absolute atomic E-state index is 15.4. The monoisotopic (exact) mass is 539 g/mol. The van der Waals surface area contributed by atoms with Gasteiger partial charge in [0, 0.05) is 19.2 Å². The third-order valence-corrected chi connectivity index (χ3v) is 7.81. The fourth-order valence-electron chi connectivity index (χ4n) is 5.05. The van der Waals surface area contributed by atoms with Crippen molar-refractivity contribution in [1.82, 2.24) is 14.5 Å². The third kappa shape index (κ3) is 3.73. The molecule has 1 aliphatic heterocycles. The number of aromatic carboxylic acids is 1. The van der Waals surface area contributed by atoms with Crippen LogP contribution in [0.4, 0.5) is 10.3 Å². The highest BCUT2D eigenvalue weighted by Gasteiger charge is 2.44. The number of nitrogens with zero attached hydrogens (tertiary/aromatic N) is 4. The molecule has 6 rings (SSSR count). The summed E-state index contributed by atoms with van der Waals surface area (Å²) in [5, 5.41) is 19.0. The lowest BCUT2D eigenvalue weighted by Crippen LogP contribution is -2.54. The first kappa shape index (κ1) is 24.6. The Kier molecular flexibility index (Phi) is 5.61. The SMILES string of the molecule is Cn1c(N2CCc3ccc(C(=O)O)cc3[C@]2([Si])c2ccccc2F)nc(-c2nc3ccccc3o2)c(O)c1=O. The maximum atomic E-state index is 15.4. The zero-order valence-electron chi connectivity index (χ0n) is 20.6. The summed E-state index contributed by atoms with van der Waals surface area (Å²) in [7, 11) is 5.28. The molecule has 39 heavy (non-hydrogen) atoms. The van der Waals surface area contributed by atoms with Gasteiger partial charge in [-0.1, -0.05) is 36.4 Å². The number of hydrogen-bond donors (Lipinski definition) is 2. The number of carboxylic acids is 1. The Morgan fingerprint density at radius 1 is 1.08 bits per heavy atom. The van der Waals surface area contributed by atoms with Crippen LogP contribution in [-0.2, 0) is 18.6 Å². The topological polar surface area (TPSA) is 122 Å². The van der Waals surface area contributed by atoms with Crippen LogP contribution in [0.15, 0.2) is 75.9 Å². The molecule has 1 atom stereocenters. The molecule has 1 aliphatic rings. The first-order valence-electron chi connectivity index (χ1n) is 12.0. The van der Waals surface area contributed by atoms with Crippen molar-refractivity contribution in [3.8, 4) is 17.3 Å². The Morgan fingerprint density at radius 2 is 1.82 bits per heavy atom. The van der Waals surface area contributed by atoms with E-state index in [-0.39, 0.29) is 35.2 Å². The van der Waals surface area contributed by atoms with E-state index in [1.54, 1.807) is 53.4 Å². The smallest absolute Gasteiger partial charge is 0.335 e. The predicted octanol–water partition coefficient (Wildman–Crippen LogP) is 3.56. The molecule has 9 nitrogen and oxygen atoms in total. The normalized spacial score (nSPS) is 16.8. The van der Waals surface area contributed by atoms with Gasteiger partial charge in [0.05, 0.1) is 21.0 Å². The lowest BCUT2D eigenvalue weighted by atomic mass is 9.86. The molecule has 3 heterocycles. The number of fused-ring (bicyclic) bond motifs is 2. The molecule has 5 aromatic rings. The van der Waals surface area contributed by atoms with Crippen molar-refractivity contribution in [3.63, 3.8) is 0 Å². The molecular formula is C28H20FN4O5Si. The van der Waals surface area contributed by atoms with Crippen molar-refractivity contribution in [3.05, 3.63) is 105 Å². The number of anilines is 1. The van der Waals surface area contributed by atoms with Crippen molar-refractivity contribution in [2.24, 2.45) is 7.05 Å². The van der Waals surface area contributed by atoms with E-state index in [4.69, 9.17) is 4.42 Å². The Labute approximate surface area is 224 Å². The van der Waals surface area contributed by atoms with Gasteiger partial charge in [-0.25, -0.2) is 19.2 Å². The molecule has 0 amide bonds. The minimum atomic E-state index is -1.46. The maximum Gasteiger partial charge on any atom is 0.335 e. The fraction of sp³-hybridized carbons (Fsp3) is 0.143. The molecule has 3 radical (unpaired) electrons. The standard InChI is InChI=1S/C28H20FN4O5Si/c1-32-25(35)23(34)22(24-30-20-8-4-5-9-21(20)38-24)31-27(32)33-13-12-15-10-11-16(26(36)37)14-18(15)28(33,39)17-6-2-3-7-19(17)29/h2-11,14,34H,12-13H2,1H3,(H,36,37)/t28-/m1/s1. The van der Waals surface area contributed by atoms with Gasteiger partial charge < -0.3 is 19.5 Å². The lowest BCUT2D eigenvalue weighted by Gasteiger charge is -2.47. The van der Waals surface area contributed by atoms with Crippen molar-refractivity contribution < 1.29 is 23.8 Å². The molecule has 0 fully saturated rings. The molecule has 0 bridgehead atoms. The molecule has 0 saturated carbocycles. The van der Waals surface area contributed by atoms with Gasteiger partial charge in [0.15, 0.2) is 11.3 Å². The summed E-state index contributed by atoms with van der Waals surface area (Å²) in [4.78, 5) is 35.8. The van der Waals surface area contributed by atoms with E-state index in [0.29, 0.717) is 23.1 Å². The largest absolute Gasteiger partial charge is 0.501 e. The van der Waals surface area contributed by atoms with Gasteiger partial charge in [-0.2, -0.15) is 0 Å². The van der Waals surface area contributed by atoms with E-state index in [0.717, 1.165) is 10.1 Å². The number of benzene rings is 3. The number of aromatic nitrogens is 3. The second-order valence-electron chi connectivity index (χ2n) is 9.23. The van der Waals surface area contributed by atoms with Gasteiger partial charge >= 0.3 is 5.97 Å². The Balaban J connectivity index is 1.62. The second-order valence-corrected chi connectivity index (χ2v) is 9.95. The van der Waals surface area contributed by atoms with Crippen molar-refractivity contribution in [2.75, 3.05) is 11.4 Å². The van der Waals surface area contributed by atoms with Crippen LogP contribution in [0.3, 0.4) is 0 Å². The van der Waals surface area contributed by atoms with Crippen LogP contribution in [0.25, 0.3) is 22.7 Å². The zero-order valence-corrected chi connectivity index (χ0v) is 21.6. The minimum Gasteiger partial charge on any atom is -0.501 e. The second kappa shape index (κ2) is 8.91. The number of oxazole rings is 1. The number of aromatic hydroxyl groups is 1. The molecular weight excluding hydrogens is 519 g/mol. The molecule has 0 aliphatic carbocycles. The molecule has 193 valence electrons. The van der Waals surface area contributed by atoms with E-state index in [1.807, 2.05) is 0 Å². The van der Waals surface area contributed by atoms with Gasteiger partial charge in [-0.3, -0.25) is 9.36 Å². The van der Waals surface area contributed by atoms with E-state index in [9.17, 15) is 19.8 Å². The van der Waals surface area contributed by atoms with Crippen LogP contribution in [-0.4, -0.2) is 47.5 Å². The van der Waals surface area contributed by atoms with Crippen molar-refractivity contribution >= 4 is 33.3 Å². The molecule has 0 unspecified atom stereocenters. The van der Waals surface area contributed by atoms with Crippen LogP contribution >= 0.6 is 0 Å². The average Bonchev–Trinajstić information content (AvgIpc) is 3.37. The number of rotatable bonds is 4. The van der Waals surface area contributed by atoms with Crippen LogP contribution in [0.1, 0.15) is 27.0 Å². The van der Waals surface area contributed by atoms with Crippen LogP contribution in [0.2, 0.25) is 0 Å². The predicted molar refractivity (Wildman–Crippen MR) is 142 cm³/mol. The summed E-state index contributed by atoms with van der Waals surface area (Å²) in [6, 6.07) is 17.8. The Bertz CT molecular complexity index is 1820. The van der Waals surface area contributed by atoms with Gasteiger partial charge in [0.2, 0.25) is 11.7 Å². The third-order valence-electron chi connectivity index (χ3n) is 7.00. The Hall–Kier alpha value is -4.77. The van der Waals surface area contributed by atoms with Crippen LogP contribution in [0, 0.1) is 5.82 Å². The highest BCUT2D eigenvalue weighted by molar-refractivity contribution is 6.20. The minimum absolute atomic E-state index is 0.0225. The summed E-state index contributed by atoms with van der Waals surface area (Å²) in [6.07, 6.45) is 0.449. The number of carbonyl (C=O) groups is 1. The first-order valence-corrected chi connectivity index (χ1v) is 12.5. The van der Waals surface area contributed by atoms with Crippen molar-refractivity contribution in [2.45, 2.75) is 11.6 Å². The summed E-state index contributed by atoms with van der Waals surface area (Å²) in [5.41, 5.74) is 1.54. The summed E-state index contributed by atoms with van der Waals surface area (Å²) in [6.45, 7) is 0.273. The van der Waals surface area contributed by atoms with E-state index < -0.39 is 28.3 Å². The van der Waals surface area contributed by atoms with E-state index in [1.165, 1.54) is 25.2 Å². The van der Waals surface area contributed by atoms with Crippen LogP contribution < -0.4 is 10.5 Å². The zero-order chi connectivity index (χ0) is 27.5. The molecule has 0 saturated heterocycles. The molecule has 3 aromatic carbocycles. The van der Waals surface area contributed by atoms with Crippen molar-refractivity contribution in [1.29, 1.82) is 0 Å². The van der Waals surface area contributed by atoms with Crippen LogP contribution in [0.5, 0.6) is 5.75 Å². The molecule has 0 spiro atoms. The molecule has 2 N–H and O–H groups in total. The fourth-order valence-corrected chi connectivity index (χ4v) is 5.69. The van der Waals surface area contributed by atoms with Gasteiger partial charge in [0.1, 0.15) is 11.3 Å². The summed E-state index contributed by atoms with van der Waals surface area (Å²) >= 11 is 0. The highest BCUT2D eigenvalue weighted by atomic mass is 28.1. The quantitative estimate of drug-likeness (QED) is 0.333. The summed E-state index contributed by atoms with van der Waals surface area (Å²) in [5.74, 6) is -2.30. The number of carboxylic acid groups (broad SMARTS) is 1. The molecule has 11 heteroatoms. The van der Waals surface area contributed by atoms with Gasteiger partial charge in [-0.05, 0) is 47.9 Å². The molecule has 2 aromatic heterocycles. The summed E-state index contributed by atoms with van der Waals surface area (Å²) < 4.78 is 22.4. The lowest BCUT2D eigenvalue weighted by molar-refractivity contribution is 0.0696. The van der Waals surface area contributed by atoms with E-state index in [2.05, 4.69) is 20.2 Å². The number of halogens is 1. The van der Waals surface area contributed by atoms with Gasteiger partial charge in [0.25, 0.3) is 11.4 Å². The first-order chi connectivity index (χ1) is 18.7. The number of para-hydroxylation sites is 2. The number of hydrogen-bond acceptors (Lipinski definition) is 7. The van der Waals surface area contributed by atoms with Gasteiger partial charge in [-0.15, -0.1) is 0 Å². The highest BCUT2D eigenvalue weighted by Crippen LogP contribution is 2.43. The van der Waals surface area contributed by atoms with E-state index >= 15 is 4.39 Å².